The van der Waals surface area contributed by atoms with Crippen LogP contribution in [0.1, 0.15) is 11.1 Å². The minimum absolute atomic E-state index is 0.0916. The lowest BCUT2D eigenvalue weighted by Gasteiger charge is -2.29. The number of hydrogen-bond donors (Lipinski definition) is 4. The Labute approximate surface area is 158 Å². The van der Waals surface area contributed by atoms with E-state index in [2.05, 4.69) is 0 Å². The molecule has 1 atom stereocenters. The van der Waals surface area contributed by atoms with Gasteiger partial charge in [-0.15, -0.1) is 0 Å². The van der Waals surface area contributed by atoms with Crippen LogP contribution in [0.5, 0.6) is 5.75 Å². The van der Waals surface area contributed by atoms with E-state index in [1.54, 1.807) is 43.5 Å². The molecule has 0 heterocycles. The molecule has 148 valence electrons. The monoisotopic (exact) mass is 396 g/mol. The van der Waals surface area contributed by atoms with Crippen molar-refractivity contribution in [1.29, 1.82) is 0 Å². The number of hydroxylamine groups is 2. The molecule has 0 aromatic heterocycles. The highest BCUT2D eigenvalue weighted by molar-refractivity contribution is 7.51. The third-order valence-corrected chi connectivity index (χ3v) is 4.67. The molecule has 1 unspecified atom stereocenters. The summed E-state index contributed by atoms with van der Waals surface area (Å²) in [5, 5.41) is 21.1. The summed E-state index contributed by atoms with van der Waals surface area (Å²) >= 11 is 0. The largest absolute Gasteiger partial charge is 0.497 e. The van der Waals surface area contributed by atoms with E-state index >= 15 is 0 Å². The van der Waals surface area contributed by atoms with Crippen LogP contribution in [0.15, 0.2) is 54.6 Å². The Balaban J connectivity index is 2.02. The van der Waals surface area contributed by atoms with Crippen LogP contribution in [0.3, 0.4) is 0 Å². The molecule has 0 aliphatic carbocycles. The van der Waals surface area contributed by atoms with Gasteiger partial charge in [-0.1, -0.05) is 42.5 Å². The first-order valence-electron chi connectivity index (χ1n) is 8.34. The van der Waals surface area contributed by atoms with E-state index in [-0.39, 0.29) is 19.6 Å². The predicted octanol–water partition coefficient (Wildman–Crippen LogP) is 1.84. The molecular formula is C18H25N2O6P. The van der Waals surface area contributed by atoms with Crippen LogP contribution in [0, 0.1) is 0 Å². The number of rotatable bonds is 10. The number of nitrogens with zero attached hydrogens (tertiary/aromatic N) is 2. The lowest BCUT2D eigenvalue weighted by molar-refractivity contribution is -0.208. The van der Waals surface area contributed by atoms with E-state index in [0.717, 1.165) is 16.2 Å². The van der Waals surface area contributed by atoms with E-state index in [4.69, 9.17) is 4.74 Å². The first-order chi connectivity index (χ1) is 12.8. The molecule has 0 amide bonds. The zero-order valence-electron chi connectivity index (χ0n) is 15.0. The Morgan fingerprint density at radius 3 is 2.15 bits per heavy atom. The van der Waals surface area contributed by atoms with E-state index < -0.39 is 20.1 Å². The molecule has 9 heteroatoms. The topological polar surface area (TPSA) is 114 Å². The summed E-state index contributed by atoms with van der Waals surface area (Å²) < 4.78 is 16.5. The van der Waals surface area contributed by atoms with Crippen LogP contribution >= 0.6 is 7.60 Å². The second-order valence-corrected chi connectivity index (χ2v) is 7.84. The molecule has 0 saturated heterocycles. The average molecular weight is 396 g/mol. The van der Waals surface area contributed by atoms with Crippen molar-refractivity contribution in [3.63, 3.8) is 0 Å². The third kappa shape index (κ3) is 7.78. The predicted molar refractivity (Wildman–Crippen MR) is 100 cm³/mol. The summed E-state index contributed by atoms with van der Waals surface area (Å²) in [6.07, 6.45) is -1.84. The molecule has 0 aliphatic heterocycles. The van der Waals surface area contributed by atoms with Gasteiger partial charge in [0.2, 0.25) is 0 Å². The Kier molecular flexibility index (Phi) is 7.94. The van der Waals surface area contributed by atoms with Crippen molar-refractivity contribution in [3.8, 4) is 5.75 Å². The van der Waals surface area contributed by atoms with Crippen LogP contribution in [0.2, 0.25) is 0 Å². The quantitative estimate of drug-likeness (QED) is 0.273. The van der Waals surface area contributed by atoms with E-state index in [0.29, 0.717) is 5.75 Å². The number of aliphatic hydroxyl groups is 1. The number of aliphatic hydroxyl groups excluding tert-OH is 1. The van der Waals surface area contributed by atoms with E-state index in [9.17, 15) is 24.7 Å². The van der Waals surface area contributed by atoms with Crippen LogP contribution in [0.25, 0.3) is 0 Å². The van der Waals surface area contributed by atoms with Gasteiger partial charge < -0.3 is 24.8 Å². The molecular weight excluding hydrogens is 371 g/mol. The fourth-order valence-electron chi connectivity index (χ4n) is 2.62. The van der Waals surface area contributed by atoms with Crippen LogP contribution in [-0.2, 0) is 17.7 Å². The van der Waals surface area contributed by atoms with Gasteiger partial charge in [0, 0.05) is 13.1 Å². The highest BCUT2D eigenvalue weighted by atomic mass is 31.2. The summed E-state index contributed by atoms with van der Waals surface area (Å²) in [6, 6.07) is 16.1. The molecule has 2 aromatic carbocycles. The first kappa shape index (κ1) is 21.5. The maximum Gasteiger partial charge on any atom is 0.339 e. The summed E-state index contributed by atoms with van der Waals surface area (Å²) in [5.41, 5.74) is 1.60. The van der Waals surface area contributed by atoms with Gasteiger partial charge in [-0.25, -0.2) is 0 Å². The molecule has 0 spiro atoms. The summed E-state index contributed by atoms with van der Waals surface area (Å²) in [7, 11) is -2.79. The molecule has 0 radical (unpaired) electrons. The smallest absolute Gasteiger partial charge is 0.339 e. The fourth-order valence-corrected chi connectivity index (χ4v) is 3.36. The van der Waals surface area contributed by atoms with Crippen LogP contribution < -0.4 is 4.74 Å². The maximum absolute atomic E-state index is 11.4. The molecule has 4 N–H and O–H groups in total. The third-order valence-electron chi connectivity index (χ3n) is 3.90. The van der Waals surface area contributed by atoms with Gasteiger partial charge in [0.25, 0.3) is 0 Å². The Bertz CT molecular complexity index is 737. The molecule has 0 aliphatic rings. The molecule has 0 saturated carbocycles. The summed E-state index contributed by atoms with van der Waals surface area (Å²) in [4.78, 5) is 20.1. The van der Waals surface area contributed by atoms with Crippen molar-refractivity contribution in [1.82, 2.24) is 9.96 Å². The van der Waals surface area contributed by atoms with Crippen molar-refractivity contribution in [2.24, 2.45) is 0 Å². The molecule has 2 aromatic rings. The van der Waals surface area contributed by atoms with E-state index in [1.807, 2.05) is 18.2 Å². The number of ether oxygens (including phenoxy) is 1. The van der Waals surface area contributed by atoms with Gasteiger partial charge in [-0.05, 0) is 23.3 Å². The number of methoxy groups -OCH3 is 1. The van der Waals surface area contributed by atoms with Gasteiger partial charge in [-0.3, -0.25) is 9.46 Å². The normalized spacial score (nSPS) is 13.1. The van der Waals surface area contributed by atoms with Crippen molar-refractivity contribution in [3.05, 3.63) is 65.7 Å². The Morgan fingerprint density at radius 1 is 1.00 bits per heavy atom. The number of benzene rings is 2. The van der Waals surface area contributed by atoms with Gasteiger partial charge in [0.1, 0.15) is 18.3 Å². The second kappa shape index (κ2) is 9.96. The van der Waals surface area contributed by atoms with Gasteiger partial charge in [-0.2, -0.15) is 5.06 Å². The SMILES string of the molecule is COc1ccc(CN(CC(O)N(O)Cc2ccccc2)CP(=O)(O)O)cc1. The zero-order chi connectivity index (χ0) is 19.9. The lowest BCUT2D eigenvalue weighted by atomic mass is 10.2. The summed E-state index contributed by atoms with van der Waals surface area (Å²) in [6.45, 7) is 0.153. The van der Waals surface area contributed by atoms with Gasteiger partial charge in [0.15, 0.2) is 0 Å². The van der Waals surface area contributed by atoms with Gasteiger partial charge in [0.05, 0.1) is 13.7 Å². The van der Waals surface area contributed by atoms with E-state index in [1.165, 1.54) is 4.90 Å². The van der Waals surface area contributed by atoms with Gasteiger partial charge >= 0.3 is 7.60 Å². The van der Waals surface area contributed by atoms with Crippen molar-refractivity contribution in [2.45, 2.75) is 19.3 Å². The maximum atomic E-state index is 11.4. The highest BCUT2D eigenvalue weighted by Gasteiger charge is 2.24. The molecule has 2 rings (SSSR count). The average Bonchev–Trinajstić information content (AvgIpc) is 2.61. The minimum atomic E-state index is -4.34. The van der Waals surface area contributed by atoms with Crippen molar-refractivity contribution in [2.75, 3.05) is 19.9 Å². The molecule has 8 nitrogen and oxygen atoms in total. The van der Waals surface area contributed by atoms with Crippen LogP contribution in [-0.4, -0.2) is 56.2 Å². The zero-order valence-corrected chi connectivity index (χ0v) is 15.9. The van der Waals surface area contributed by atoms with Crippen molar-refractivity contribution < 1.29 is 29.4 Å². The number of hydrogen-bond acceptors (Lipinski definition) is 6. The lowest BCUT2D eigenvalue weighted by Crippen LogP contribution is -2.42. The fraction of sp³-hybridized carbons (Fsp3) is 0.333. The second-order valence-electron chi connectivity index (χ2n) is 6.23. The van der Waals surface area contributed by atoms with Crippen LogP contribution in [0.4, 0.5) is 0 Å². The Hall–Kier alpha value is -1.77. The minimum Gasteiger partial charge on any atom is -0.497 e. The summed E-state index contributed by atoms with van der Waals surface area (Å²) in [5.74, 6) is 0.671. The molecule has 0 bridgehead atoms. The Morgan fingerprint density at radius 2 is 1.59 bits per heavy atom. The highest BCUT2D eigenvalue weighted by Crippen LogP contribution is 2.35. The first-order valence-corrected chi connectivity index (χ1v) is 10.1. The molecule has 0 fully saturated rings. The van der Waals surface area contributed by atoms with Crippen molar-refractivity contribution >= 4 is 7.60 Å². The standard InChI is InChI=1S/C18H25N2O6P/c1-26-17-9-7-16(8-10-17)11-19(14-27(23,24)25)13-18(21)20(22)12-15-5-3-2-4-6-15/h2-10,18,21-22H,11-14H2,1H3,(H2,23,24,25). The molecule has 27 heavy (non-hydrogen) atoms.